The van der Waals surface area contributed by atoms with Crippen LogP contribution in [0.1, 0.15) is 0 Å². The van der Waals surface area contributed by atoms with Gasteiger partial charge in [-0.2, -0.15) is 0 Å². The van der Waals surface area contributed by atoms with Crippen molar-refractivity contribution in [2.24, 2.45) is 0 Å². The van der Waals surface area contributed by atoms with E-state index in [0.717, 1.165) is 16.9 Å². The van der Waals surface area contributed by atoms with E-state index < -0.39 is 0 Å². The molecule has 0 bridgehead atoms. The minimum Gasteiger partial charge on any atom is -0.495 e. The molecule has 1 aromatic heterocycles. The fourth-order valence-corrected chi connectivity index (χ4v) is 2.69. The number of nitrogens with zero attached hydrogens (tertiary/aromatic N) is 1. The summed E-state index contributed by atoms with van der Waals surface area (Å²) in [6.07, 6.45) is 1.90. The molecule has 3 nitrogen and oxygen atoms in total. The van der Waals surface area contributed by atoms with E-state index in [1.54, 1.807) is 13.2 Å². The summed E-state index contributed by atoms with van der Waals surface area (Å²) in [7, 11) is 1.60. The molecule has 21 heavy (non-hydrogen) atoms. The fraction of sp³-hybridized carbons (Fsp3) is 0.0625. The molecule has 0 aliphatic carbocycles. The number of halogens is 1. The molecule has 3 rings (SSSR count). The van der Waals surface area contributed by atoms with Gasteiger partial charge in [-0.25, -0.2) is 0 Å². The highest BCUT2D eigenvalue weighted by Crippen LogP contribution is 2.29. The molecule has 3 aromatic rings. The first-order valence-corrected chi connectivity index (χ1v) is 7.19. The van der Waals surface area contributed by atoms with Crippen molar-refractivity contribution in [3.8, 4) is 22.7 Å². The Morgan fingerprint density at radius 3 is 2.62 bits per heavy atom. The quantitative estimate of drug-likeness (QED) is 0.699. The maximum Gasteiger partial charge on any atom is 0.182 e. The number of aromatic amines is 1. The van der Waals surface area contributed by atoms with E-state index in [1.165, 1.54) is 0 Å². The Bertz CT molecular complexity index is 824. The van der Waals surface area contributed by atoms with E-state index >= 15 is 0 Å². The number of aromatic nitrogens is 2. The fourth-order valence-electron chi connectivity index (χ4n) is 2.23. The van der Waals surface area contributed by atoms with Gasteiger partial charge in [0, 0.05) is 17.8 Å². The van der Waals surface area contributed by atoms with Crippen molar-refractivity contribution in [3.05, 3.63) is 64.5 Å². The summed E-state index contributed by atoms with van der Waals surface area (Å²) in [4.78, 5) is 3.09. The molecular weight excluding hydrogens is 304 g/mol. The molecule has 0 saturated carbocycles. The van der Waals surface area contributed by atoms with Gasteiger partial charge >= 0.3 is 0 Å². The van der Waals surface area contributed by atoms with Gasteiger partial charge in [0.2, 0.25) is 0 Å². The predicted octanol–water partition coefficient (Wildman–Crippen LogP) is 4.86. The number of nitrogens with one attached hydrogen (secondary N) is 1. The van der Waals surface area contributed by atoms with Crippen molar-refractivity contribution in [2.45, 2.75) is 0 Å². The van der Waals surface area contributed by atoms with Crippen LogP contribution in [0.15, 0.2) is 54.7 Å². The molecule has 0 atom stereocenters. The summed E-state index contributed by atoms with van der Waals surface area (Å²) in [6, 6.07) is 15.7. The molecule has 0 radical (unpaired) electrons. The van der Waals surface area contributed by atoms with Crippen LogP contribution in [0.25, 0.3) is 16.9 Å². The maximum absolute atomic E-state index is 6.09. The van der Waals surface area contributed by atoms with Crippen LogP contribution >= 0.6 is 23.8 Å². The second-order valence-corrected chi connectivity index (χ2v) is 5.29. The van der Waals surface area contributed by atoms with Gasteiger partial charge in [0.05, 0.1) is 23.5 Å². The zero-order valence-electron chi connectivity index (χ0n) is 11.3. The molecule has 1 N–H and O–H groups in total. The Balaban J connectivity index is 2.20. The van der Waals surface area contributed by atoms with E-state index in [9.17, 15) is 0 Å². The lowest BCUT2D eigenvalue weighted by molar-refractivity contribution is 0.415. The minimum absolute atomic E-state index is 0.574. The molecule has 2 aromatic carbocycles. The van der Waals surface area contributed by atoms with Gasteiger partial charge in [-0.05, 0) is 24.4 Å². The predicted molar refractivity (Wildman–Crippen MR) is 88.0 cm³/mol. The summed E-state index contributed by atoms with van der Waals surface area (Å²) in [5.74, 6) is 0.622. The van der Waals surface area contributed by atoms with Crippen LogP contribution in [0.3, 0.4) is 0 Å². The number of benzene rings is 2. The Kier molecular flexibility index (Phi) is 3.82. The third-order valence-electron chi connectivity index (χ3n) is 3.24. The summed E-state index contributed by atoms with van der Waals surface area (Å²) in [5, 5.41) is 0.574. The molecular formula is C16H13ClN2OS. The van der Waals surface area contributed by atoms with Gasteiger partial charge in [0.25, 0.3) is 0 Å². The molecule has 0 amide bonds. The lowest BCUT2D eigenvalue weighted by Gasteiger charge is -2.11. The van der Waals surface area contributed by atoms with Crippen LogP contribution in [0, 0.1) is 4.77 Å². The number of hydrogen-bond acceptors (Lipinski definition) is 2. The number of methoxy groups -OCH3 is 1. The maximum atomic E-state index is 6.09. The van der Waals surface area contributed by atoms with E-state index in [1.807, 2.05) is 53.2 Å². The molecule has 1 heterocycles. The number of hydrogen-bond donors (Lipinski definition) is 1. The summed E-state index contributed by atoms with van der Waals surface area (Å²) >= 11 is 11.5. The van der Waals surface area contributed by atoms with Crippen LogP contribution in [0.5, 0.6) is 5.75 Å². The van der Waals surface area contributed by atoms with Gasteiger partial charge in [-0.15, -0.1) is 0 Å². The first kappa shape index (κ1) is 13.9. The second-order valence-electron chi connectivity index (χ2n) is 4.50. The van der Waals surface area contributed by atoms with Crippen LogP contribution in [0.2, 0.25) is 5.02 Å². The van der Waals surface area contributed by atoms with E-state index in [-0.39, 0.29) is 0 Å². The highest BCUT2D eigenvalue weighted by molar-refractivity contribution is 7.71. The molecule has 0 unspecified atom stereocenters. The Morgan fingerprint density at radius 2 is 1.90 bits per heavy atom. The van der Waals surface area contributed by atoms with Gasteiger partial charge in [-0.1, -0.05) is 41.9 Å². The van der Waals surface area contributed by atoms with Gasteiger partial charge < -0.3 is 9.72 Å². The number of rotatable bonds is 3. The number of ether oxygens (including phenoxy) is 1. The average Bonchev–Trinajstić information content (AvgIpc) is 2.90. The van der Waals surface area contributed by atoms with Crippen molar-refractivity contribution in [1.82, 2.24) is 9.55 Å². The highest BCUT2D eigenvalue weighted by Gasteiger charge is 2.10. The largest absolute Gasteiger partial charge is 0.495 e. The number of imidazole rings is 1. The molecule has 0 aliphatic heterocycles. The Labute approximate surface area is 132 Å². The zero-order valence-corrected chi connectivity index (χ0v) is 12.9. The van der Waals surface area contributed by atoms with Crippen molar-refractivity contribution < 1.29 is 4.74 Å². The van der Waals surface area contributed by atoms with Crippen LogP contribution < -0.4 is 4.74 Å². The molecule has 0 aliphatic rings. The van der Waals surface area contributed by atoms with Crippen LogP contribution in [-0.4, -0.2) is 16.7 Å². The zero-order chi connectivity index (χ0) is 14.8. The first-order chi connectivity index (χ1) is 10.2. The average molecular weight is 317 g/mol. The molecule has 106 valence electrons. The van der Waals surface area contributed by atoms with E-state index in [2.05, 4.69) is 4.98 Å². The third-order valence-corrected chi connectivity index (χ3v) is 3.85. The number of H-pyrrole nitrogens is 1. The SMILES string of the molecule is COc1cc(-n2c(-c3ccccc3)c[nH]c2=S)ccc1Cl. The van der Waals surface area contributed by atoms with Crippen molar-refractivity contribution in [3.63, 3.8) is 0 Å². The third kappa shape index (κ3) is 2.60. The van der Waals surface area contributed by atoms with Crippen molar-refractivity contribution in [2.75, 3.05) is 7.11 Å². The lowest BCUT2D eigenvalue weighted by Crippen LogP contribution is -1.98. The monoisotopic (exact) mass is 316 g/mol. The van der Waals surface area contributed by atoms with Gasteiger partial charge in [0.15, 0.2) is 4.77 Å². The van der Waals surface area contributed by atoms with Gasteiger partial charge in [-0.3, -0.25) is 4.57 Å². The molecule has 0 spiro atoms. The summed E-state index contributed by atoms with van der Waals surface area (Å²) < 4.78 is 7.86. The minimum atomic E-state index is 0.574. The summed E-state index contributed by atoms with van der Waals surface area (Å²) in [5.41, 5.74) is 2.98. The highest BCUT2D eigenvalue weighted by atomic mass is 35.5. The van der Waals surface area contributed by atoms with Gasteiger partial charge in [0.1, 0.15) is 5.75 Å². The molecule has 0 saturated heterocycles. The van der Waals surface area contributed by atoms with E-state index in [0.29, 0.717) is 15.5 Å². The Hall–Kier alpha value is -2.04. The molecule has 5 heteroatoms. The first-order valence-electron chi connectivity index (χ1n) is 6.40. The molecule has 0 fully saturated rings. The standard InChI is InChI=1S/C16H13ClN2OS/c1-20-15-9-12(7-8-13(15)17)19-14(10-18-16(19)21)11-5-3-2-4-6-11/h2-10H,1H3,(H,18,21). The Morgan fingerprint density at radius 1 is 1.14 bits per heavy atom. The topological polar surface area (TPSA) is 29.9 Å². The lowest BCUT2D eigenvalue weighted by atomic mass is 10.1. The van der Waals surface area contributed by atoms with Crippen LogP contribution in [-0.2, 0) is 0 Å². The van der Waals surface area contributed by atoms with E-state index in [4.69, 9.17) is 28.6 Å². The van der Waals surface area contributed by atoms with Crippen LogP contribution in [0.4, 0.5) is 0 Å². The van der Waals surface area contributed by atoms with Crippen molar-refractivity contribution >= 4 is 23.8 Å². The summed E-state index contributed by atoms with van der Waals surface area (Å²) in [6.45, 7) is 0. The second kappa shape index (κ2) is 5.76. The smallest absolute Gasteiger partial charge is 0.182 e. The normalized spacial score (nSPS) is 10.6. The van der Waals surface area contributed by atoms with Crippen molar-refractivity contribution in [1.29, 1.82) is 0 Å².